The minimum atomic E-state index is 0.791. The smallest absolute Gasteiger partial charge is 0.149 e. The summed E-state index contributed by atoms with van der Waals surface area (Å²) in [4.78, 5) is 2.54. The maximum Gasteiger partial charge on any atom is 0.149 e. The lowest BCUT2D eigenvalue weighted by Crippen LogP contribution is -2.35. The van der Waals surface area contributed by atoms with E-state index in [0.29, 0.717) is 0 Å². The number of likely N-dealkylation sites (tertiary alicyclic amines) is 1. The van der Waals surface area contributed by atoms with Crippen molar-refractivity contribution in [3.8, 4) is 0 Å². The van der Waals surface area contributed by atoms with Crippen molar-refractivity contribution < 1.29 is 4.52 Å². The van der Waals surface area contributed by atoms with Crippen molar-refractivity contribution in [1.82, 2.24) is 10.1 Å². The molecular weight excluding hydrogens is 328 g/mol. The summed E-state index contributed by atoms with van der Waals surface area (Å²) < 4.78 is 6.02. The van der Waals surface area contributed by atoms with Crippen molar-refractivity contribution in [3.63, 3.8) is 0 Å². The Morgan fingerprint density at radius 1 is 1.19 bits per heavy atom. The fraction of sp³-hybridized carbons (Fsp3) is 0.471. The van der Waals surface area contributed by atoms with E-state index in [4.69, 9.17) is 4.52 Å². The lowest BCUT2D eigenvalue weighted by molar-refractivity contribution is 0.182. The molecule has 1 aliphatic rings. The summed E-state index contributed by atoms with van der Waals surface area (Å²) in [6.07, 6.45) is 4.77. The van der Waals surface area contributed by atoms with Crippen molar-refractivity contribution in [3.05, 3.63) is 52.3 Å². The highest BCUT2D eigenvalue weighted by atomic mass is 79.9. The Balaban J connectivity index is 1.40. The number of piperidine rings is 1. The van der Waals surface area contributed by atoms with E-state index in [2.05, 4.69) is 56.3 Å². The fourth-order valence-corrected chi connectivity index (χ4v) is 3.36. The Labute approximate surface area is 134 Å². The van der Waals surface area contributed by atoms with Gasteiger partial charge in [0.1, 0.15) is 10.4 Å². The molecule has 0 spiro atoms. The number of hydrogen-bond donors (Lipinski definition) is 0. The zero-order chi connectivity index (χ0) is 14.5. The number of benzene rings is 1. The maximum absolute atomic E-state index is 5.23. The Hall–Kier alpha value is -1.13. The lowest BCUT2D eigenvalue weighted by Gasteiger charge is -2.31. The van der Waals surface area contributed by atoms with E-state index in [0.717, 1.165) is 29.2 Å². The van der Waals surface area contributed by atoms with Crippen LogP contribution in [0.4, 0.5) is 0 Å². The molecule has 112 valence electrons. The van der Waals surface area contributed by atoms with Gasteiger partial charge in [0.2, 0.25) is 0 Å². The third-order valence-electron chi connectivity index (χ3n) is 4.28. The van der Waals surface area contributed by atoms with Gasteiger partial charge in [-0.2, -0.15) is 0 Å². The van der Waals surface area contributed by atoms with Gasteiger partial charge in [0.15, 0.2) is 0 Å². The molecule has 4 heteroatoms. The van der Waals surface area contributed by atoms with Gasteiger partial charge in [-0.3, -0.25) is 0 Å². The summed E-state index contributed by atoms with van der Waals surface area (Å²) in [6.45, 7) is 3.47. The van der Waals surface area contributed by atoms with Crippen LogP contribution < -0.4 is 0 Å². The molecule has 0 radical (unpaired) electrons. The number of hydrogen-bond acceptors (Lipinski definition) is 3. The summed E-state index contributed by atoms with van der Waals surface area (Å²) in [5.41, 5.74) is 1.47. The Kier molecular flexibility index (Phi) is 5.09. The van der Waals surface area contributed by atoms with Crippen LogP contribution in [0.25, 0.3) is 0 Å². The zero-order valence-electron chi connectivity index (χ0n) is 12.2. The average molecular weight is 349 g/mol. The van der Waals surface area contributed by atoms with Crippen molar-refractivity contribution in [2.45, 2.75) is 25.7 Å². The molecule has 0 N–H and O–H groups in total. The van der Waals surface area contributed by atoms with Crippen LogP contribution >= 0.6 is 15.9 Å². The van der Waals surface area contributed by atoms with Gasteiger partial charge in [-0.1, -0.05) is 35.5 Å². The largest absolute Gasteiger partial charge is 0.360 e. The Bertz CT molecular complexity index is 547. The maximum atomic E-state index is 5.23. The van der Waals surface area contributed by atoms with Gasteiger partial charge < -0.3 is 9.42 Å². The van der Waals surface area contributed by atoms with Crippen molar-refractivity contribution in [2.75, 3.05) is 19.6 Å². The first-order valence-corrected chi connectivity index (χ1v) is 8.46. The molecule has 0 amide bonds. The van der Waals surface area contributed by atoms with Crippen molar-refractivity contribution in [2.24, 2.45) is 5.92 Å². The molecule has 1 saturated heterocycles. The van der Waals surface area contributed by atoms with E-state index in [9.17, 15) is 0 Å². The minimum Gasteiger partial charge on any atom is -0.360 e. The third kappa shape index (κ3) is 4.42. The molecule has 3 nitrogen and oxygen atoms in total. The summed E-state index contributed by atoms with van der Waals surface area (Å²) >= 11 is 3.32. The molecule has 21 heavy (non-hydrogen) atoms. The van der Waals surface area contributed by atoms with E-state index in [-0.39, 0.29) is 0 Å². The van der Waals surface area contributed by atoms with Crippen LogP contribution in [0.1, 0.15) is 24.2 Å². The summed E-state index contributed by atoms with van der Waals surface area (Å²) in [5.74, 6) is 1.80. The molecule has 2 aromatic rings. The van der Waals surface area contributed by atoms with Crippen LogP contribution in [0.2, 0.25) is 0 Å². The summed E-state index contributed by atoms with van der Waals surface area (Å²) in [7, 11) is 0. The molecule has 3 rings (SSSR count). The number of nitrogens with zero attached hydrogens (tertiary/aromatic N) is 2. The van der Waals surface area contributed by atoms with Crippen molar-refractivity contribution >= 4 is 15.9 Å². The number of aromatic nitrogens is 1. The Morgan fingerprint density at radius 3 is 2.62 bits per heavy atom. The van der Waals surface area contributed by atoms with E-state index < -0.39 is 0 Å². The highest BCUT2D eigenvalue weighted by molar-refractivity contribution is 9.10. The van der Waals surface area contributed by atoms with E-state index in [1.54, 1.807) is 0 Å². The third-order valence-corrected chi connectivity index (χ3v) is 4.65. The van der Waals surface area contributed by atoms with Crippen LogP contribution in [-0.2, 0) is 12.8 Å². The number of rotatable bonds is 5. The number of halogens is 1. The molecule has 0 bridgehead atoms. The molecule has 1 aromatic carbocycles. The first kappa shape index (κ1) is 14.8. The quantitative estimate of drug-likeness (QED) is 0.819. The Morgan fingerprint density at radius 2 is 1.95 bits per heavy atom. The molecule has 1 aliphatic heterocycles. The van der Waals surface area contributed by atoms with Gasteiger partial charge in [-0.25, -0.2) is 0 Å². The SMILES string of the molecule is Brc1cc(CCN2CCC(Cc3ccccc3)CC2)on1. The van der Waals surface area contributed by atoms with Crippen LogP contribution in [0, 0.1) is 5.92 Å². The first-order valence-electron chi connectivity index (χ1n) is 7.67. The topological polar surface area (TPSA) is 29.3 Å². The molecule has 0 unspecified atom stereocenters. The standard InChI is InChI=1S/C17H21BrN2O/c18-17-13-16(21-19-17)8-11-20-9-6-15(7-10-20)12-14-4-2-1-3-5-14/h1-5,13,15H,6-12H2. The van der Waals surface area contributed by atoms with E-state index >= 15 is 0 Å². The van der Waals surface area contributed by atoms with Crippen LogP contribution in [0.3, 0.4) is 0 Å². The molecule has 0 saturated carbocycles. The highest BCUT2D eigenvalue weighted by Crippen LogP contribution is 2.22. The normalized spacial score (nSPS) is 17.2. The fourth-order valence-electron chi connectivity index (χ4n) is 3.04. The van der Waals surface area contributed by atoms with Gasteiger partial charge in [-0.05, 0) is 59.8 Å². The molecule has 0 aliphatic carbocycles. The lowest BCUT2D eigenvalue weighted by atomic mass is 9.90. The van der Waals surface area contributed by atoms with E-state index in [1.165, 1.54) is 37.9 Å². The second-order valence-electron chi connectivity index (χ2n) is 5.84. The van der Waals surface area contributed by atoms with Gasteiger partial charge in [0.25, 0.3) is 0 Å². The van der Waals surface area contributed by atoms with Crippen LogP contribution in [-0.4, -0.2) is 29.7 Å². The molecule has 1 aromatic heterocycles. The average Bonchev–Trinajstić information content (AvgIpc) is 2.93. The molecular formula is C17H21BrN2O. The minimum absolute atomic E-state index is 0.791. The summed E-state index contributed by atoms with van der Waals surface area (Å²) in [6, 6.07) is 12.8. The summed E-state index contributed by atoms with van der Waals surface area (Å²) in [5, 5.41) is 3.86. The predicted molar refractivity (Wildman–Crippen MR) is 87.2 cm³/mol. The zero-order valence-corrected chi connectivity index (χ0v) is 13.8. The first-order chi connectivity index (χ1) is 10.3. The van der Waals surface area contributed by atoms with Gasteiger partial charge in [0, 0.05) is 19.0 Å². The molecule has 2 heterocycles. The van der Waals surface area contributed by atoms with Crippen molar-refractivity contribution in [1.29, 1.82) is 0 Å². The van der Waals surface area contributed by atoms with Gasteiger partial charge >= 0.3 is 0 Å². The predicted octanol–water partition coefficient (Wildman–Crippen LogP) is 3.93. The monoisotopic (exact) mass is 348 g/mol. The van der Waals surface area contributed by atoms with Gasteiger partial charge in [0.05, 0.1) is 0 Å². The molecule has 0 atom stereocenters. The highest BCUT2D eigenvalue weighted by Gasteiger charge is 2.19. The molecule has 1 fully saturated rings. The van der Waals surface area contributed by atoms with E-state index in [1.807, 2.05) is 6.07 Å². The second-order valence-corrected chi connectivity index (χ2v) is 6.65. The second kappa shape index (κ2) is 7.23. The van der Waals surface area contributed by atoms with Gasteiger partial charge in [-0.15, -0.1) is 0 Å². The van der Waals surface area contributed by atoms with Crippen LogP contribution in [0.15, 0.2) is 45.5 Å². The van der Waals surface area contributed by atoms with Crippen LogP contribution in [0.5, 0.6) is 0 Å².